The van der Waals surface area contributed by atoms with Crippen molar-refractivity contribution in [3.8, 4) is 11.5 Å². The molecule has 0 saturated heterocycles. The van der Waals surface area contributed by atoms with Gasteiger partial charge in [-0.2, -0.15) is 0 Å². The third-order valence-electron chi connectivity index (χ3n) is 3.24. The number of benzene rings is 1. The summed E-state index contributed by atoms with van der Waals surface area (Å²) in [5.41, 5.74) is 0.634. The van der Waals surface area contributed by atoms with E-state index in [9.17, 15) is 9.59 Å². The van der Waals surface area contributed by atoms with Gasteiger partial charge in [-0.3, -0.25) is 9.59 Å². The van der Waals surface area contributed by atoms with E-state index in [1.807, 2.05) is 0 Å². The molecule has 1 aromatic carbocycles. The number of rotatable bonds is 7. The Morgan fingerprint density at radius 2 is 1.96 bits per heavy atom. The van der Waals surface area contributed by atoms with E-state index in [2.05, 4.69) is 5.32 Å². The number of carbonyl (C=O) groups excluding carboxylic acids is 1. The van der Waals surface area contributed by atoms with Crippen molar-refractivity contribution in [1.29, 1.82) is 0 Å². The maximum Gasteiger partial charge on any atom is 0.305 e. The van der Waals surface area contributed by atoms with Gasteiger partial charge in [-0.1, -0.05) is 12.1 Å². The number of aliphatic carboxylic acids is 1. The van der Waals surface area contributed by atoms with Crippen LogP contribution in [0.1, 0.15) is 27.7 Å². The van der Waals surface area contributed by atoms with Crippen molar-refractivity contribution in [2.45, 2.75) is 12.5 Å². The highest BCUT2D eigenvalue weighted by Gasteiger charge is 2.21. The molecular weight excluding hydrogens is 318 g/mol. The van der Waals surface area contributed by atoms with Crippen molar-refractivity contribution in [3.63, 3.8) is 0 Å². The molecule has 0 saturated carbocycles. The van der Waals surface area contributed by atoms with Crippen LogP contribution in [0.15, 0.2) is 35.7 Å². The lowest BCUT2D eigenvalue weighted by Gasteiger charge is -2.18. The zero-order valence-electron chi connectivity index (χ0n) is 12.7. The van der Waals surface area contributed by atoms with Crippen LogP contribution in [0.3, 0.4) is 0 Å². The van der Waals surface area contributed by atoms with Gasteiger partial charge in [0, 0.05) is 0 Å². The molecule has 7 heteroatoms. The van der Waals surface area contributed by atoms with Crippen LogP contribution in [0.2, 0.25) is 0 Å². The summed E-state index contributed by atoms with van der Waals surface area (Å²) in [7, 11) is 3.02. The fourth-order valence-electron chi connectivity index (χ4n) is 2.13. The van der Waals surface area contributed by atoms with Gasteiger partial charge in [0.15, 0.2) is 11.5 Å². The fraction of sp³-hybridized carbons (Fsp3) is 0.250. The largest absolute Gasteiger partial charge is 0.493 e. The Labute approximate surface area is 137 Å². The van der Waals surface area contributed by atoms with Crippen molar-refractivity contribution in [1.82, 2.24) is 5.32 Å². The van der Waals surface area contributed by atoms with E-state index in [-0.39, 0.29) is 12.3 Å². The highest BCUT2D eigenvalue weighted by Crippen LogP contribution is 2.31. The number of hydrogen-bond donors (Lipinski definition) is 2. The first-order valence-corrected chi connectivity index (χ1v) is 7.71. The standard InChI is InChI=1S/C16H17NO5S/c1-21-12-6-5-10(8-13(12)22-2)11(9-15(18)19)17-16(20)14-4-3-7-23-14/h3-8,11H,9H2,1-2H3,(H,17,20)(H,18,19). The summed E-state index contributed by atoms with van der Waals surface area (Å²) in [4.78, 5) is 23.9. The van der Waals surface area contributed by atoms with Gasteiger partial charge in [0.25, 0.3) is 5.91 Å². The lowest BCUT2D eigenvalue weighted by molar-refractivity contribution is -0.137. The van der Waals surface area contributed by atoms with Crippen LogP contribution >= 0.6 is 11.3 Å². The monoisotopic (exact) mass is 335 g/mol. The lowest BCUT2D eigenvalue weighted by atomic mass is 10.0. The Kier molecular flexibility index (Phi) is 5.59. The maximum atomic E-state index is 12.2. The van der Waals surface area contributed by atoms with Gasteiger partial charge in [-0.05, 0) is 29.1 Å². The highest BCUT2D eigenvalue weighted by atomic mass is 32.1. The SMILES string of the molecule is COc1ccc(C(CC(=O)O)NC(=O)c2cccs2)cc1OC. The van der Waals surface area contributed by atoms with Crippen LogP contribution < -0.4 is 14.8 Å². The molecule has 0 spiro atoms. The smallest absolute Gasteiger partial charge is 0.305 e. The molecule has 1 amide bonds. The van der Waals surface area contributed by atoms with Crippen LogP contribution in [-0.2, 0) is 4.79 Å². The average molecular weight is 335 g/mol. The quantitative estimate of drug-likeness (QED) is 0.813. The zero-order chi connectivity index (χ0) is 16.8. The van der Waals surface area contributed by atoms with Crippen molar-refractivity contribution < 1.29 is 24.2 Å². The molecule has 0 radical (unpaired) electrons. The van der Waals surface area contributed by atoms with E-state index in [1.54, 1.807) is 35.7 Å². The molecule has 122 valence electrons. The number of carboxylic acid groups (broad SMARTS) is 1. The molecule has 2 aromatic rings. The summed E-state index contributed by atoms with van der Waals surface area (Å²) in [6.45, 7) is 0. The third kappa shape index (κ3) is 4.23. The minimum absolute atomic E-state index is 0.230. The minimum atomic E-state index is -1.00. The topological polar surface area (TPSA) is 84.9 Å². The molecule has 6 nitrogen and oxygen atoms in total. The second-order valence-corrected chi connectivity index (χ2v) is 5.66. The van der Waals surface area contributed by atoms with Crippen molar-refractivity contribution in [2.24, 2.45) is 0 Å². The minimum Gasteiger partial charge on any atom is -0.493 e. The molecule has 1 aromatic heterocycles. The molecule has 0 bridgehead atoms. The normalized spacial score (nSPS) is 11.6. The molecule has 0 aliphatic rings. The van der Waals surface area contributed by atoms with Gasteiger partial charge < -0.3 is 19.9 Å². The Morgan fingerprint density at radius 1 is 1.22 bits per heavy atom. The van der Waals surface area contributed by atoms with Gasteiger partial charge >= 0.3 is 5.97 Å². The zero-order valence-corrected chi connectivity index (χ0v) is 13.6. The summed E-state index contributed by atoms with van der Waals surface area (Å²) in [6, 6.07) is 7.85. The first kappa shape index (κ1) is 16.8. The summed E-state index contributed by atoms with van der Waals surface area (Å²) in [5, 5.41) is 13.7. The molecule has 2 N–H and O–H groups in total. The first-order chi connectivity index (χ1) is 11.0. The molecule has 1 atom stereocenters. The predicted octanol–water partition coefficient (Wildman–Crippen LogP) is 2.71. The Balaban J connectivity index is 2.27. The van der Waals surface area contributed by atoms with Crippen LogP contribution in [-0.4, -0.2) is 31.2 Å². The summed E-state index contributed by atoms with van der Waals surface area (Å²) < 4.78 is 10.4. The van der Waals surface area contributed by atoms with Gasteiger partial charge in [0.05, 0.1) is 31.6 Å². The summed E-state index contributed by atoms with van der Waals surface area (Å²) >= 11 is 1.30. The molecule has 0 fully saturated rings. The second kappa shape index (κ2) is 7.64. The number of amides is 1. The second-order valence-electron chi connectivity index (χ2n) is 4.72. The van der Waals surface area contributed by atoms with Crippen molar-refractivity contribution in [2.75, 3.05) is 14.2 Å². The maximum absolute atomic E-state index is 12.2. The number of carboxylic acids is 1. The van der Waals surface area contributed by atoms with Gasteiger partial charge in [0.2, 0.25) is 0 Å². The lowest BCUT2D eigenvalue weighted by Crippen LogP contribution is -2.29. The fourth-order valence-corrected chi connectivity index (χ4v) is 2.76. The van der Waals surface area contributed by atoms with Crippen LogP contribution in [0.4, 0.5) is 0 Å². The molecule has 2 rings (SSSR count). The van der Waals surface area contributed by atoms with Crippen LogP contribution in [0.25, 0.3) is 0 Å². The van der Waals surface area contributed by atoms with Gasteiger partial charge in [-0.25, -0.2) is 0 Å². The Morgan fingerprint density at radius 3 is 2.52 bits per heavy atom. The number of hydrogen-bond acceptors (Lipinski definition) is 5. The molecule has 0 aliphatic carbocycles. The number of thiophene rings is 1. The summed E-state index contributed by atoms with van der Waals surface area (Å²) in [5.74, 6) is -0.294. The number of methoxy groups -OCH3 is 2. The Bertz CT molecular complexity index is 684. The van der Waals surface area contributed by atoms with E-state index in [4.69, 9.17) is 14.6 Å². The van der Waals surface area contributed by atoms with Crippen molar-refractivity contribution >= 4 is 23.2 Å². The van der Waals surface area contributed by atoms with E-state index >= 15 is 0 Å². The van der Waals surface area contributed by atoms with E-state index in [1.165, 1.54) is 25.6 Å². The first-order valence-electron chi connectivity index (χ1n) is 6.83. The molecule has 23 heavy (non-hydrogen) atoms. The van der Waals surface area contributed by atoms with Gasteiger partial charge in [-0.15, -0.1) is 11.3 Å². The van der Waals surface area contributed by atoms with Crippen LogP contribution in [0.5, 0.6) is 11.5 Å². The molecule has 1 heterocycles. The van der Waals surface area contributed by atoms with E-state index in [0.29, 0.717) is 21.9 Å². The van der Waals surface area contributed by atoms with Crippen molar-refractivity contribution in [3.05, 3.63) is 46.2 Å². The average Bonchev–Trinajstić information content (AvgIpc) is 3.07. The highest BCUT2D eigenvalue weighted by molar-refractivity contribution is 7.12. The number of nitrogens with one attached hydrogen (secondary N) is 1. The number of carbonyl (C=O) groups is 2. The van der Waals surface area contributed by atoms with Crippen LogP contribution in [0, 0.1) is 0 Å². The molecule has 0 aliphatic heterocycles. The van der Waals surface area contributed by atoms with E-state index in [0.717, 1.165) is 0 Å². The Hall–Kier alpha value is -2.54. The molecule has 1 unspecified atom stereocenters. The number of ether oxygens (including phenoxy) is 2. The van der Waals surface area contributed by atoms with Gasteiger partial charge in [0.1, 0.15) is 0 Å². The van der Waals surface area contributed by atoms with E-state index < -0.39 is 12.0 Å². The predicted molar refractivity (Wildman–Crippen MR) is 86.3 cm³/mol. The molecular formula is C16H17NO5S. The summed E-state index contributed by atoms with van der Waals surface area (Å²) in [6.07, 6.45) is -0.230. The third-order valence-corrected chi connectivity index (χ3v) is 4.11.